The van der Waals surface area contributed by atoms with Crippen molar-refractivity contribution in [1.29, 1.82) is 0 Å². The molecule has 23 heavy (non-hydrogen) atoms. The first-order chi connectivity index (χ1) is 11.1. The van der Waals surface area contributed by atoms with Gasteiger partial charge < -0.3 is 0 Å². The molecule has 3 amide bonds. The average Bonchev–Trinajstić information content (AvgIpc) is 2.90. The summed E-state index contributed by atoms with van der Waals surface area (Å²) in [5.74, 6) is -1.37. The highest BCUT2D eigenvalue weighted by Crippen LogP contribution is 2.27. The van der Waals surface area contributed by atoms with Crippen LogP contribution in [0.25, 0.3) is 21.5 Å². The first-order valence-corrected chi connectivity index (χ1v) is 7.47. The highest BCUT2D eigenvalue weighted by Gasteiger charge is 2.35. The Bertz CT molecular complexity index is 974. The van der Waals surface area contributed by atoms with Crippen LogP contribution in [0.3, 0.4) is 0 Å². The molecule has 0 saturated carbocycles. The highest BCUT2D eigenvalue weighted by atomic mass is 16.2. The zero-order chi connectivity index (χ0) is 16.0. The predicted octanol–water partition coefficient (Wildman–Crippen LogP) is 3.28. The molecule has 1 heterocycles. The van der Waals surface area contributed by atoms with Crippen molar-refractivity contribution in [3.05, 3.63) is 60.2 Å². The van der Waals surface area contributed by atoms with E-state index < -0.39 is 17.7 Å². The third-order valence-electron chi connectivity index (χ3n) is 4.23. The van der Waals surface area contributed by atoms with Crippen LogP contribution >= 0.6 is 0 Å². The van der Waals surface area contributed by atoms with E-state index in [0.717, 1.165) is 26.4 Å². The molecule has 1 saturated heterocycles. The molecule has 0 atom stereocenters. The maximum atomic E-state index is 12.7. The topological polar surface area (TPSA) is 54.5 Å². The predicted molar refractivity (Wildman–Crippen MR) is 86.9 cm³/mol. The van der Waals surface area contributed by atoms with Crippen molar-refractivity contribution < 1.29 is 14.4 Å². The van der Waals surface area contributed by atoms with Gasteiger partial charge in [0.2, 0.25) is 11.8 Å². The van der Waals surface area contributed by atoms with E-state index in [4.69, 9.17) is 0 Å². The fraction of sp³-hybridized carbons (Fsp3) is 0.105. The van der Waals surface area contributed by atoms with Crippen molar-refractivity contribution in [3.8, 4) is 0 Å². The standard InChI is InChI=1S/C19H13NO3/c21-17-8-9-18(22)20(17)19(23)15-7-3-6-14-10-12-4-1-2-5-13(12)11-16(14)15/h1-7,10-11H,8-9H2. The van der Waals surface area contributed by atoms with E-state index in [-0.39, 0.29) is 12.8 Å². The van der Waals surface area contributed by atoms with E-state index in [1.165, 1.54) is 0 Å². The van der Waals surface area contributed by atoms with Gasteiger partial charge >= 0.3 is 0 Å². The molecule has 1 fully saturated rings. The molecule has 1 aliphatic heterocycles. The van der Waals surface area contributed by atoms with Gasteiger partial charge in [-0.1, -0.05) is 36.4 Å². The van der Waals surface area contributed by atoms with E-state index in [1.54, 1.807) is 12.1 Å². The number of nitrogens with zero attached hydrogens (tertiary/aromatic N) is 1. The summed E-state index contributed by atoms with van der Waals surface area (Å²) in [5.41, 5.74) is 0.386. The molecule has 0 unspecified atom stereocenters. The molecule has 0 aliphatic carbocycles. The van der Waals surface area contributed by atoms with E-state index in [0.29, 0.717) is 5.56 Å². The fourth-order valence-corrected chi connectivity index (χ4v) is 3.08. The lowest BCUT2D eigenvalue weighted by Crippen LogP contribution is -2.35. The zero-order valence-corrected chi connectivity index (χ0v) is 12.3. The van der Waals surface area contributed by atoms with E-state index in [9.17, 15) is 14.4 Å². The minimum Gasteiger partial charge on any atom is -0.274 e. The van der Waals surface area contributed by atoms with Crippen LogP contribution in [-0.4, -0.2) is 22.6 Å². The SMILES string of the molecule is O=C1CCC(=O)N1C(=O)c1cccc2cc3ccccc3cc12. The zero-order valence-electron chi connectivity index (χ0n) is 12.3. The van der Waals surface area contributed by atoms with Gasteiger partial charge in [0.15, 0.2) is 0 Å². The van der Waals surface area contributed by atoms with Gasteiger partial charge in [-0.2, -0.15) is 0 Å². The first kappa shape index (κ1) is 13.6. The Morgan fingerprint density at radius 2 is 1.39 bits per heavy atom. The van der Waals surface area contributed by atoms with Gasteiger partial charge in [0.25, 0.3) is 5.91 Å². The summed E-state index contributed by atoms with van der Waals surface area (Å²) in [7, 11) is 0. The number of carbonyl (C=O) groups excluding carboxylic acids is 3. The third-order valence-corrected chi connectivity index (χ3v) is 4.23. The lowest BCUT2D eigenvalue weighted by atomic mass is 9.99. The highest BCUT2D eigenvalue weighted by molar-refractivity contribution is 6.23. The molecule has 0 aromatic heterocycles. The molecule has 3 aromatic carbocycles. The lowest BCUT2D eigenvalue weighted by molar-refractivity contribution is -0.134. The van der Waals surface area contributed by atoms with Crippen molar-refractivity contribution in [1.82, 2.24) is 4.90 Å². The molecular formula is C19H13NO3. The van der Waals surface area contributed by atoms with Crippen molar-refractivity contribution in [3.63, 3.8) is 0 Å². The summed E-state index contributed by atoms with van der Waals surface area (Å²) in [6.07, 6.45) is 0.219. The van der Waals surface area contributed by atoms with Crippen LogP contribution in [-0.2, 0) is 9.59 Å². The summed E-state index contributed by atoms with van der Waals surface area (Å²) in [6, 6.07) is 17.2. The average molecular weight is 303 g/mol. The summed E-state index contributed by atoms with van der Waals surface area (Å²) in [5, 5.41) is 3.76. The summed E-state index contributed by atoms with van der Waals surface area (Å²) < 4.78 is 0. The van der Waals surface area contributed by atoms with E-state index >= 15 is 0 Å². The van der Waals surface area contributed by atoms with E-state index in [1.807, 2.05) is 42.5 Å². The van der Waals surface area contributed by atoms with Crippen LogP contribution in [0.15, 0.2) is 54.6 Å². The fourth-order valence-electron chi connectivity index (χ4n) is 3.08. The third kappa shape index (κ3) is 2.11. The Kier molecular flexibility index (Phi) is 2.98. The van der Waals surface area contributed by atoms with Crippen LogP contribution in [0.2, 0.25) is 0 Å². The monoisotopic (exact) mass is 303 g/mol. The molecule has 4 rings (SSSR count). The Morgan fingerprint density at radius 1 is 0.783 bits per heavy atom. The van der Waals surface area contributed by atoms with Crippen LogP contribution in [0, 0.1) is 0 Å². The molecule has 0 bridgehead atoms. The number of hydrogen-bond acceptors (Lipinski definition) is 3. The van der Waals surface area contributed by atoms with Gasteiger partial charge in [-0.15, -0.1) is 0 Å². The number of amides is 3. The quantitative estimate of drug-likeness (QED) is 0.512. The summed E-state index contributed by atoms with van der Waals surface area (Å²) in [4.78, 5) is 37.1. The van der Waals surface area contributed by atoms with Gasteiger partial charge in [0.05, 0.1) is 0 Å². The van der Waals surface area contributed by atoms with Crippen molar-refractivity contribution in [2.24, 2.45) is 0 Å². The van der Waals surface area contributed by atoms with Gasteiger partial charge in [0.1, 0.15) is 0 Å². The molecule has 0 N–H and O–H groups in total. The molecule has 1 aliphatic rings. The van der Waals surface area contributed by atoms with Gasteiger partial charge in [-0.05, 0) is 39.7 Å². The van der Waals surface area contributed by atoms with Crippen LogP contribution < -0.4 is 0 Å². The molecule has 4 heteroatoms. The maximum absolute atomic E-state index is 12.7. The van der Waals surface area contributed by atoms with E-state index in [2.05, 4.69) is 0 Å². The minimum atomic E-state index is -0.529. The lowest BCUT2D eigenvalue weighted by Gasteiger charge is -2.14. The second-order valence-electron chi connectivity index (χ2n) is 5.65. The summed E-state index contributed by atoms with van der Waals surface area (Å²) >= 11 is 0. The Hall–Kier alpha value is -3.01. The Morgan fingerprint density at radius 3 is 2.09 bits per heavy atom. The van der Waals surface area contributed by atoms with Gasteiger partial charge in [0, 0.05) is 18.4 Å². The number of carbonyl (C=O) groups is 3. The molecule has 3 aromatic rings. The van der Waals surface area contributed by atoms with Crippen molar-refractivity contribution in [2.45, 2.75) is 12.8 Å². The van der Waals surface area contributed by atoms with Crippen LogP contribution in [0.1, 0.15) is 23.2 Å². The Balaban J connectivity index is 1.93. The number of hydrogen-bond donors (Lipinski definition) is 0. The van der Waals surface area contributed by atoms with Gasteiger partial charge in [-0.25, -0.2) is 4.90 Å². The first-order valence-electron chi connectivity index (χ1n) is 7.47. The second-order valence-corrected chi connectivity index (χ2v) is 5.65. The smallest absolute Gasteiger partial charge is 0.267 e. The largest absolute Gasteiger partial charge is 0.274 e. The molecule has 4 nitrogen and oxygen atoms in total. The second kappa shape index (κ2) is 5.02. The molecule has 0 spiro atoms. The molecular weight excluding hydrogens is 290 g/mol. The van der Waals surface area contributed by atoms with Crippen molar-refractivity contribution in [2.75, 3.05) is 0 Å². The molecule has 112 valence electrons. The molecule has 0 radical (unpaired) electrons. The van der Waals surface area contributed by atoms with Crippen LogP contribution in [0.4, 0.5) is 0 Å². The number of likely N-dealkylation sites (tertiary alicyclic amines) is 1. The number of benzene rings is 3. The number of rotatable bonds is 1. The Labute approximate surface area is 132 Å². The normalized spacial score (nSPS) is 14.9. The number of imide groups is 3. The maximum Gasteiger partial charge on any atom is 0.267 e. The minimum absolute atomic E-state index is 0.109. The van der Waals surface area contributed by atoms with Gasteiger partial charge in [-0.3, -0.25) is 14.4 Å². The van der Waals surface area contributed by atoms with Crippen molar-refractivity contribution >= 4 is 39.3 Å². The van der Waals surface area contributed by atoms with Crippen LogP contribution in [0.5, 0.6) is 0 Å². The number of fused-ring (bicyclic) bond motifs is 2. The summed E-state index contributed by atoms with van der Waals surface area (Å²) in [6.45, 7) is 0.